The number of aromatic nitrogens is 1. The summed E-state index contributed by atoms with van der Waals surface area (Å²) in [6, 6.07) is 3.11. The minimum Gasteiger partial charge on any atom is -0.384 e. The molecule has 0 aromatic carbocycles. The van der Waals surface area contributed by atoms with E-state index in [0.717, 1.165) is 0 Å². The molecule has 0 aliphatic heterocycles. The molecule has 22 heavy (non-hydrogen) atoms. The number of hydrogen-bond donors (Lipinski definition) is 3. The van der Waals surface area contributed by atoms with Crippen LogP contribution in [0.5, 0.6) is 0 Å². The Hall–Kier alpha value is -1.42. The highest BCUT2D eigenvalue weighted by molar-refractivity contribution is 7.89. The average Bonchev–Trinajstić information content (AvgIpc) is 2.39. The Morgan fingerprint density at radius 2 is 2.09 bits per heavy atom. The minimum absolute atomic E-state index is 0. The van der Waals surface area contributed by atoms with Gasteiger partial charge in [0.05, 0.1) is 36.9 Å². The van der Waals surface area contributed by atoms with Crippen LogP contribution in [0.4, 0.5) is 11.5 Å². The third-order valence-corrected chi connectivity index (χ3v) is 3.61. The van der Waals surface area contributed by atoms with E-state index >= 15 is 0 Å². The van der Waals surface area contributed by atoms with E-state index in [9.17, 15) is 13.2 Å². The normalized spacial score (nSPS) is 11.0. The fourth-order valence-electron chi connectivity index (χ4n) is 1.33. The Labute approximate surface area is 136 Å². The third kappa shape index (κ3) is 8.78. The molecule has 0 aliphatic carbocycles. The van der Waals surface area contributed by atoms with E-state index in [2.05, 4.69) is 15.0 Å². The molecule has 0 spiro atoms. The van der Waals surface area contributed by atoms with Gasteiger partial charge in [0.2, 0.25) is 15.9 Å². The second kappa shape index (κ2) is 9.57. The molecule has 0 saturated carbocycles. The highest BCUT2D eigenvalue weighted by Gasteiger charge is 2.13. The van der Waals surface area contributed by atoms with Crippen LogP contribution in [0, 0.1) is 0 Å². The van der Waals surface area contributed by atoms with E-state index in [4.69, 9.17) is 10.5 Å². The van der Waals surface area contributed by atoms with E-state index in [1.165, 1.54) is 12.3 Å². The molecule has 0 aliphatic rings. The number of nitrogens with zero attached hydrogens (tertiary/aromatic N) is 1. The Morgan fingerprint density at radius 3 is 2.64 bits per heavy atom. The first-order valence-corrected chi connectivity index (χ1v) is 8.04. The molecule has 0 fully saturated rings. The number of ether oxygens (including phenoxy) is 1. The molecule has 0 saturated heterocycles. The summed E-state index contributed by atoms with van der Waals surface area (Å²) in [5, 5.41) is 2.50. The van der Waals surface area contributed by atoms with Gasteiger partial charge in [0.15, 0.2) is 0 Å². The van der Waals surface area contributed by atoms with Crippen molar-refractivity contribution >= 4 is 39.8 Å². The SMILES string of the molecule is CC(C)OCCS(=O)(=O)NCC(=O)Nc1ccc(N)nc1.Cl. The Bertz CT molecular complexity index is 563. The molecule has 1 heterocycles. The summed E-state index contributed by atoms with van der Waals surface area (Å²) in [6.45, 7) is 3.35. The van der Waals surface area contributed by atoms with Gasteiger partial charge in [-0.15, -0.1) is 12.4 Å². The fraction of sp³-hybridized carbons (Fsp3) is 0.500. The molecule has 0 unspecified atom stereocenters. The average molecular weight is 353 g/mol. The molecule has 4 N–H and O–H groups in total. The second-order valence-corrected chi connectivity index (χ2v) is 6.51. The number of halogens is 1. The van der Waals surface area contributed by atoms with Crippen LogP contribution in [0.3, 0.4) is 0 Å². The van der Waals surface area contributed by atoms with Gasteiger partial charge in [-0.3, -0.25) is 4.79 Å². The van der Waals surface area contributed by atoms with Crippen LogP contribution < -0.4 is 15.8 Å². The zero-order valence-electron chi connectivity index (χ0n) is 12.4. The Balaban J connectivity index is 0.00000441. The van der Waals surface area contributed by atoms with Gasteiger partial charge in [0.25, 0.3) is 0 Å². The topological polar surface area (TPSA) is 123 Å². The molecule has 1 rings (SSSR count). The molecule has 8 nitrogen and oxygen atoms in total. The van der Waals surface area contributed by atoms with E-state index in [-0.39, 0.29) is 37.4 Å². The summed E-state index contributed by atoms with van der Waals surface area (Å²) in [5.74, 6) is -0.351. The zero-order chi connectivity index (χ0) is 15.9. The summed E-state index contributed by atoms with van der Waals surface area (Å²) < 4.78 is 30.6. The second-order valence-electron chi connectivity index (χ2n) is 4.58. The summed E-state index contributed by atoms with van der Waals surface area (Å²) >= 11 is 0. The number of pyridine rings is 1. The van der Waals surface area contributed by atoms with Crippen LogP contribution >= 0.6 is 12.4 Å². The number of anilines is 2. The number of amides is 1. The summed E-state index contributed by atoms with van der Waals surface area (Å²) in [7, 11) is -3.54. The molecule has 0 atom stereocenters. The van der Waals surface area contributed by atoms with Crippen molar-refractivity contribution in [1.29, 1.82) is 0 Å². The number of nitrogens with two attached hydrogens (primary N) is 1. The molecule has 1 amide bonds. The number of carbonyl (C=O) groups excluding carboxylic acids is 1. The Morgan fingerprint density at radius 1 is 1.41 bits per heavy atom. The van der Waals surface area contributed by atoms with Crippen molar-refractivity contribution in [3.05, 3.63) is 18.3 Å². The Kier molecular flexibility index (Phi) is 8.95. The van der Waals surface area contributed by atoms with Crippen molar-refractivity contribution in [2.45, 2.75) is 20.0 Å². The van der Waals surface area contributed by atoms with Gasteiger partial charge in [-0.1, -0.05) is 0 Å². The smallest absolute Gasteiger partial charge is 0.239 e. The zero-order valence-corrected chi connectivity index (χ0v) is 14.0. The lowest BCUT2D eigenvalue weighted by Gasteiger charge is -2.09. The molecule has 1 aromatic rings. The van der Waals surface area contributed by atoms with Crippen LogP contribution in [-0.4, -0.2) is 44.3 Å². The lowest BCUT2D eigenvalue weighted by molar-refractivity contribution is -0.115. The van der Waals surface area contributed by atoms with Crippen LogP contribution in [0.25, 0.3) is 0 Å². The van der Waals surface area contributed by atoms with Gasteiger partial charge in [-0.25, -0.2) is 18.1 Å². The van der Waals surface area contributed by atoms with Gasteiger partial charge >= 0.3 is 0 Å². The van der Waals surface area contributed by atoms with Gasteiger partial charge in [-0.05, 0) is 26.0 Å². The first-order valence-electron chi connectivity index (χ1n) is 6.39. The van der Waals surface area contributed by atoms with E-state index in [1.54, 1.807) is 6.07 Å². The molecule has 126 valence electrons. The van der Waals surface area contributed by atoms with Crippen molar-refractivity contribution in [2.75, 3.05) is 30.0 Å². The lowest BCUT2D eigenvalue weighted by Crippen LogP contribution is -2.35. The molecule has 0 radical (unpaired) electrons. The molecular weight excluding hydrogens is 332 g/mol. The largest absolute Gasteiger partial charge is 0.384 e. The van der Waals surface area contributed by atoms with Crippen LogP contribution in [0.1, 0.15) is 13.8 Å². The third-order valence-electron chi connectivity index (χ3n) is 2.33. The van der Waals surface area contributed by atoms with Crippen molar-refractivity contribution in [3.63, 3.8) is 0 Å². The predicted octanol–water partition coefficient (Wildman–Crippen LogP) is 0.369. The number of hydrogen-bond acceptors (Lipinski definition) is 6. The molecular formula is C12H21ClN4O4S. The quantitative estimate of drug-likeness (QED) is 0.621. The number of carbonyl (C=O) groups is 1. The summed E-state index contributed by atoms with van der Waals surface area (Å²) in [4.78, 5) is 15.4. The number of rotatable bonds is 8. The van der Waals surface area contributed by atoms with Gasteiger partial charge in [0.1, 0.15) is 5.82 Å². The monoisotopic (exact) mass is 352 g/mol. The van der Waals surface area contributed by atoms with E-state index < -0.39 is 15.9 Å². The highest BCUT2D eigenvalue weighted by Crippen LogP contribution is 2.06. The summed E-state index contributed by atoms with van der Waals surface area (Å²) in [6.07, 6.45) is 1.35. The molecule has 1 aromatic heterocycles. The predicted molar refractivity (Wildman–Crippen MR) is 87.4 cm³/mol. The van der Waals surface area contributed by atoms with Gasteiger partial charge in [-0.2, -0.15) is 0 Å². The van der Waals surface area contributed by atoms with Gasteiger partial charge < -0.3 is 15.8 Å². The van der Waals surface area contributed by atoms with Crippen molar-refractivity contribution in [3.8, 4) is 0 Å². The number of nitrogen functional groups attached to an aromatic ring is 1. The first-order chi connectivity index (χ1) is 9.78. The maximum absolute atomic E-state index is 11.6. The molecule has 10 heteroatoms. The molecule has 0 bridgehead atoms. The van der Waals surface area contributed by atoms with E-state index in [0.29, 0.717) is 11.5 Å². The number of nitrogens with one attached hydrogen (secondary N) is 2. The van der Waals surface area contributed by atoms with Gasteiger partial charge in [0, 0.05) is 0 Å². The lowest BCUT2D eigenvalue weighted by atomic mass is 10.4. The minimum atomic E-state index is -3.54. The summed E-state index contributed by atoms with van der Waals surface area (Å²) in [5.41, 5.74) is 5.85. The van der Waals surface area contributed by atoms with E-state index in [1.807, 2.05) is 13.8 Å². The highest BCUT2D eigenvalue weighted by atomic mass is 35.5. The maximum atomic E-state index is 11.6. The first kappa shape index (κ1) is 20.6. The van der Waals surface area contributed by atoms with Crippen molar-refractivity contribution < 1.29 is 17.9 Å². The number of sulfonamides is 1. The van der Waals surface area contributed by atoms with Crippen molar-refractivity contribution in [2.24, 2.45) is 0 Å². The van der Waals surface area contributed by atoms with Crippen molar-refractivity contribution in [1.82, 2.24) is 9.71 Å². The standard InChI is InChI=1S/C12H20N4O4S.ClH/c1-9(2)20-5-6-21(18,19)15-8-12(17)16-10-3-4-11(13)14-7-10;/h3-4,7,9,15H,5-6,8H2,1-2H3,(H2,13,14)(H,16,17);1H. The van der Waals surface area contributed by atoms with Crippen LogP contribution in [-0.2, 0) is 19.6 Å². The fourth-order valence-corrected chi connectivity index (χ4v) is 2.14. The van der Waals surface area contributed by atoms with Crippen LogP contribution in [0.15, 0.2) is 18.3 Å². The van der Waals surface area contributed by atoms with Crippen LogP contribution in [0.2, 0.25) is 0 Å². The maximum Gasteiger partial charge on any atom is 0.239 e.